The van der Waals surface area contributed by atoms with E-state index in [0.29, 0.717) is 18.8 Å². The summed E-state index contributed by atoms with van der Waals surface area (Å²) in [5, 5.41) is 18.5. The number of carboxylic acid groups (broad SMARTS) is 1. The smallest absolute Gasteiger partial charge is 0.335 e. The largest absolute Gasteiger partial charge is 0.478 e. The van der Waals surface area contributed by atoms with E-state index in [2.05, 4.69) is 14.8 Å². The highest BCUT2D eigenvalue weighted by molar-refractivity contribution is 6.06. The van der Waals surface area contributed by atoms with Gasteiger partial charge in [0.25, 0.3) is 0 Å². The van der Waals surface area contributed by atoms with Gasteiger partial charge in [0, 0.05) is 46.8 Å². The number of hydrogen-bond acceptors (Lipinski definition) is 3. The van der Waals surface area contributed by atoms with Crippen LogP contribution in [0, 0.1) is 11.6 Å². The third kappa shape index (κ3) is 3.66. The maximum absolute atomic E-state index is 14.7. The summed E-state index contributed by atoms with van der Waals surface area (Å²) in [6.07, 6.45) is 3.24. The van der Waals surface area contributed by atoms with Crippen molar-refractivity contribution in [2.45, 2.75) is 18.8 Å². The van der Waals surface area contributed by atoms with E-state index in [-0.39, 0.29) is 17.3 Å². The molecule has 0 unspecified atom stereocenters. The van der Waals surface area contributed by atoms with Crippen molar-refractivity contribution < 1.29 is 23.4 Å². The summed E-state index contributed by atoms with van der Waals surface area (Å²) in [5.41, 5.74) is 4.47. The van der Waals surface area contributed by atoms with Gasteiger partial charge in [0.15, 0.2) is 0 Å². The van der Waals surface area contributed by atoms with Crippen LogP contribution in [0.25, 0.3) is 38.6 Å². The molecular weight excluding hydrogens is 452 g/mol. The average molecular weight is 473 g/mol. The minimum absolute atomic E-state index is 0.0733. The van der Waals surface area contributed by atoms with Crippen LogP contribution in [0.4, 0.5) is 8.78 Å². The second-order valence-electron chi connectivity index (χ2n) is 8.82. The highest BCUT2D eigenvalue weighted by Crippen LogP contribution is 2.44. The van der Waals surface area contributed by atoms with E-state index in [1.165, 1.54) is 24.3 Å². The van der Waals surface area contributed by atoms with Gasteiger partial charge in [-0.15, -0.1) is 0 Å². The fourth-order valence-electron chi connectivity index (χ4n) is 5.13. The van der Waals surface area contributed by atoms with Crippen molar-refractivity contribution in [1.82, 2.24) is 14.8 Å². The Bertz CT molecular complexity index is 1580. The number of carbonyl (C=O) groups is 1. The number of nitrogens with zero attached hydrogens (tertiary/aromatic N) is 2. The Hall–Kier alpha value is -4.04. The zero-order valence-corrected chi connectivity index (χ0v) is 18.6. The number of aromatic nitrogens is 3. The van der Waals surface area contributed by atoms with Crippen molar-refractivity contribution in [3.05, 3.63) is 83.7 Å². The first-order valence-corrected chi connectivity index (χ1v) is 11.4. The topological polar surface area (TPSA) is 80.1 Å². The molecular formula is C27H21F2N3O3. The molecule has 2 aromatic heterocycles. The van der Waals surface area contributed by atoms with Gasteiger partial charge in [-0.25, -0.2) is 13.6 Å². The molecule has 0 atom stereocenters. The van der Waals surface area contributed by atoms with Crippen LogP contribution in [0.15, 0.2) is 60.8 Å². The number of fused-ring (bicyclic) bond motifs is 2. The zero-order valence-electron chi connectivity index (χ0n) is 18.6. The summed E-state index contributed by atoms with van der Waals surface area (Å²) in [7, 11) is 0. The van der Waals surface area contributed by atoms with E-state index < -0.39 is 11.8 Å². The van der Waals surface area contributed by atoms with E-state index in [0.717, 1.165) is 57.7 Å². The Balaban J connectivity index is 1.76. The number of aromatic carboxylic acids is 1. The molecule has 0 spiro atoms. The molecule has 1 aliphatic heterocycles. The first kappa shape index (κ1) is 21.5. The summed E-state index contributed by atoms with van der Waals surface area (Å²) in [5.74, 6) is -2.09. The molecule has 6 rings (SSSR count). The number of rotatable bonds is 4. The lowest BCUT2D eigenvalue weighted by Gasteiger charge is -2.26. The van der Waals surface area contributed by atoms with Gasteiger partial charge < -0.3 is 14.4 Å². The third-order valence-corrected chi connectivity index (χ3v) is 6.69. The Labute approximate surface area is 198 Å². The number of nitrogens with one attached hydrogen (secondary N) is 1. The molecule has 1 saturated heterocycles. The fraction of sp³-hybridized carbons (Fsp3) is 0.185. The number of halogens is 2. The van der Waals surface area contributed by atoms with Gasteiger partial charge in [-0.2, -0.15) is 5.10 Å². The fourth-order valence-corrected chi connectivity index (χ4v) is 5.13. The number of aromatic amines is 1. The van der Waals surface area contributed by atoms with Crippen LogP contribution in [0.1, 0.15) is 34.8 Å². The average Bonchev–Trinajstić information content (AvgIpc) is 3.45. The van der Waals surface area contributed by atoms with Gasteiger partial charge in [-0.3, -0.25) is 5.10 Å². The maximum Gasteiger partial charge on any atom is 0.335 e. The predicted octanol–water partition coefficient (Wildman–Crippen LogP) is 6.04. The summed E-state index contributed by atoms with van der Waals surface area (Å²) < 4.78 is 36.2. The second kappa shape index (κ2) is 8.32. The van der Waals surface area contributed by atoms with Crippen LogP contribution in [0.2, 0.25) is 0 Å². The van der Waals surface area contributed by atoms with E-state index in [9.17, 15) is 18.7 Å². The Morgan fingerprint density at radius 1 is 1.03 bits per heavy atom. The summed E-state index contributed by atoms with van der Waals surface area (Å²) in [4.78, 5) is 11.7. The monoisotopic (exact) mass is 473 g/mol. The molecule has 8 heteroatoms. The van der Waals surface area contributed by atoms with E-state index >= 15 is 0 Å². The second-order valence-corrected chi connectivity index (χ2v) is 8.82. The number of carboxylic acids is 1. The van der Waals surface area contributed by atoms with Crippen molar-refractivity contribution in [2.75, 3.05) is 13.2 Å². The maximum atomic E-state index is 14.7. The van der Waals surface area contributed by atoms with E-state index in [4.69, 9.17) is 4.74 Å². The van der Waals surface area contributed by atoms with Gasteiger partial charge in [-0.1, -0.05) is 0 Å². The van der Waals surface area contributed by atoms with Crippen molar-refractivity contribution in [3.8, 4) is 16.8 Å². The van der Waals surface area contributed by atoms with Crippen molar-refractivity contribution in [1.29, 1.82) is 0 Å². The molecule has 1 aliphatic rings. The standard InChI is InChI=1S/C27H21F2N3O3/c28-19-1-3-21(4-2-19)32-24-12-18-14-30-31-23(18)13-22(24)25(26(32)15-5-7-35-8-6-15)16-9-17(27(33)34)11-20(29)10-16/h1-4,9-15H,5-8H2,(H,30,31)(H,33,34). The molecule has 5 aromatic rings. The van der Waals surface area contributed by atoms with Crippen molar-refractivity contribution in [3.63, 3.8) is 0 Å². The Morgan fingerprint density at radius 2 is 1.80 bits per heavy atom. The molecule has 2 N–H and O–H groups in total. The quantitative estimate of drug-likeness (QED) is 0.333. The van der Waals surface area contributed by atoms with Crippen LogP contribution in [0.5, 0.6) is 0 Å². The molecule has 3 heterocycles. The molecule has 6 nitrogen and oxygen atoms in total. The normalized spacial score (nSPS) is 14.7. The van der Waals surface area contributed by atoms with Crippen LogP contribution in [-0.4, -0.2) is 39.1 Å². The lowest BCUT2D eigenvalue weighted by molar-refractivity contribution is 0.0696. The molecule has 35 heavy (non-hydrogen) atoms. The molecule has 3 aromatic carbocycles. The van der Waals surface area contributed by atoms with Crippen LogP contribution in [-0.2, 0) is 4.74 Å². The molecule has 0 amide bonds. The van der Waals surface area contributed by atoms with Crippen molar-refractivity contribution >= 4 is 27.8 Å². The van der Waals surface area contributed by atoms with Crippen LogP contribution in [0.3, 0.4) is 0 Å². The highest BCUT2D eigenvalue weighted by atomic mass is 19.1. The molecule has 0 radical (unpaired) electrons. The Kier molecular flexibility index (Phi) is 5.11. The van der Waals surface area contributed by atoms with Gasteiger partial charge in [-0.05, 0) is 73.0 Å². The van der Waals surface area contributed by atoms with Gasteiger partial charge in [0.1, 0.15) is 11.6 Å². The zero-order chi connectivity index (χ0) is 24.1. The number of benzene rings is 3. The molecule has 176 valence electrons. The predicted molar refractivity (Wildman–Crippen MR) is 128 cm³/mol. The summed E-state index contributed by atoms with van der Waals surface area (Å²) >= 11 is 0. The lowest BCUT2D eigenvalue weighted by Crippen LogP contribution is -2.17. The molecule has 0 aliphatic carbocycles. The van der Waals surface area contributed by atoms with Gasteiger partial charge >= 0.3 is 5.97 Å². The SMILES string of the molecule is O=C(O)c1cc(F)cc(-c2c(C3CCOCC3)n(-c3ccc(F)cc3)c3cc4cn[nH]c4cc23)c1. The minimum Gasteiger partial charge on any atom is -0.478 e. The van der Waals surface area contributed by atoms with Gasteiger partial charge in [0.05, 0.1) is 22.8 Å². The minimum atomic E-state index is -1.20. The summed E-state index contributed by atoms with van der Waals surface area (Å²) in [6, 6.07) is 14.1. The third-order valence-electron chi connectivity index (χ3n) is 6.69. The number of hydrogen-bond donors (Lipinski definition) is 2. The number of ether oxygens (including phenoxy) is 1. The van der Waals surface area contributed by atoms with E-state index in [1.807, 2.05) is 12.1 Å². The van der Waals surface area contributed by atoms with Crippen LogP contribution < -0.4 is 0 Å². The van der Waals surface area contributed by atoms with Crippen LogP contribution >= 0.6 is 0 Å². The molecule has 1 fully saturated rings. The Morgan fingerprint density at radius 3 is 2.54 bits per heavy atom. The lowest BCUT2D eigenvalue weighted by atomic mass is 9.89. The molecule has 0 saturated carbocycles. The highest BCUT2D eigenvalue weighted by Gasteiger charge is 2.29. The van der Waals surface area contributed by atoms with Crippen molar-refractivity contribution in [2.24, 2.45) is 0 Å². The number of H-pyrrole nitrogens is 1. The van der Waals surface area contributed by atoms with E-state index in [1.54, 1.807) is 18.3 Å². The molecule has 0 bridgehead atoms. The van der Waals surface area contributed by atoms with Gasteiger partial charge in [0.2, 0.25) is 0 Å². The summed E-state index contributed by atoms with van der Waals surface area (Å²) in [6.45, 7) is 1.17. The first-order chi connectivity index (χ1) is 17.0. The first-order valence-electron chi connectivity index (χ1n) is 11.4.